The molecule has 3 aromatic rings. The first-order valence-electron chi connectivity index (χ1n) is 7.62. The quantitative estimate of drug-likeness (QED) is 0.762. The molecule has 0 spiro atoms. The van der Waals surface area contributed by atoms with Crippen LogP contribution in [-0.2, 0) is 17.9 Å². The molecule has 0 aliphatic heterocycles. The van der Waals surface area contributed by atoms with Gasteiger partial charge in [0.15, 0.2) is 0 Å². The van der Waals surface area contributed by atoms with Gasteiger partial charge in [-0.25, -0.2) is 4.68 Å². The first-order valence-corrected chi connectivity index (χ1v) is 8.00. The van der Waals surface area contributed by atoms with Gasteiger partial charge in [-0.2, -0.15) is 5.10 Å². The molecule has 3 rings (SSSR count). The van der Waals surface area contributed by atoms with Gasteiger partial charge < -0.3 is 5.32 Å². The zero-order valence-electron chi connectivity index (χ0n) is 13.2. The molecule has 0 saturated heterocycles. The number of nitrogens with zero attached hydrogens (tertiary/aromatic N) is 3. The third kappa shape index (κ3) is 4.30. The van der Waals surface area contributed by atoms with Crippen molar-refractivity contribution in [3.8, 4) is 11.3 Å². The number of benzene rings is 1. The Balaban J connectivity index is 1.71. The number of carbonyl (C=O) groups excluding carboxylic acids is 1. The number of hydrogen-bond acceptors (Lipinski definition) is 4. The summed E-state index contributed by atoms with van der Waals surface area (Å²) in [5.74, 6) is -0.321. The van der Waals surface area contributed by atoms with Crippen LogP contribution in [0.25, 0.3) is 11.3 Å². The normalized spacial score (nSPS) is 10.4. The highest BCUT2D eigenvalue weighted by molar-refractivity contribution is 6.31. The number of halogens is 1. The largest absolute Gasteiger partial charge is 0.350 e. The highest BCUT2D eigenvalue weighted by atomic mass is 35.5. The molecule has 6 nitrogen and oxygen atoms in total. The Morgan fingerprint density at radius 1 is 1.12 bits per heavy atom. The second-order valence-electron chi connectivity index (χ2n) is 5.32. The van der Waals surface area contributed by atoms with Crippen LogP contribution in [0.3, 0.4) is 0 Å². The predicted octanol–water partition coefficient (Wildman–Crippen LogP) is 2.28. The molecule has 0 unspecified atom stereocenters. The van der Waals surface area contributed by atoms with E-state index in [1.807, 2.05) is 24.3 Å². The zero-order valence-corrected chi connectivity index (χ0v) is 14.0. The molecule has 1 aromatic carbocycles. The van der Waals surface area contributed by atoms with Crippen molar-refractivity contribution in [3.05, 3.63) is 81.9 Å². The van der Waals surface area contributed by atoms with E-state index in [0.717, 1.165) is 15.8 Å². The highest BCUT2D eigenvalue weighted by Crippen LogP contribution is 2.14. The van der Waals surface area contributed by atoms with Crippen molar-refractivity contribution in [1.82, 2.24) is 20.1 Å². The number of amides is 1. The maximum Gasteiger partial charge on any atom is 0.267 e. The van der Waals surface area contributed by atoms with Crippen molar-refractivity contribution in [3.63, 3.8) is 0 Å². The van der Waals surface area contributed by atoms with Crippen LogP contribution in [0.5, 0.6) is 0 Å². The molecule has 0 bridgehead atoms. The second kappa shape index (κ2) is 7.72. The molecule has 2 aromatic heterocycles. The lowest BCUT2D eigenvalue weighted by Crippen LogP contribution is -2.33. The van der Waals surface area contributed by atoms with Gasteiger partial charge in [0.25, 0.3) is 5.56 Å². The van der Waals surface area contributed by atoms with E-state index in [2.05, 4.69) is 15.4 Å². The van der Waals surface area contributed by atoms with Crippen molar-refractivity contribution in [2.24, 2.45) is 0 Å². The summed E-state index contributed by atoms with van der Waals surface area (Å²) < 4.78 is 1.13. The van der Waals surface area contributed by atoms with Crippen LogP contribution < -0.4 is 10.9 Å². The Hall–Kier alpha value is -2.99. The van der Waals surface area contributed by atoms with Crippen molar-refractivity contribution in [2.75, 3.05) is 0 Å². The fourth-order valence-electron chi connectivity index (χ4n) is 2.26. The Labute approximate surface area is 149 Å². The van der Waals surface area contributed by atoms with Crippen LogP contribution in [0.15, 0.2) is 65.7 Å². The molecule has 1 N–H and O–H groups in total. The van der Waals surface area contributed by atoms with Gasteiger partial charge in [-0.05, 0) is 29.8 Å². The van der Waals surface area contributed by atoms with Gasteiger partial charge in [0.05, 0.1) is 5.69 Å². The minimum absolute atomic E-state index is 0.169. The van der Waals surface area contributed by atoms with Crippen LogP contribution in [0.1, 0.15) is 5.56 Å². The Bertz CT molecular complexity index is 941. The Kier molecular flexibility index (Phi) is 5.20. The summed E-state index contributed by atoms with van der Waals surface area (Å²) in [6, 6.07) is 13.9. The molecular weight excluding hydrogens is 340 g/mol. The summed E-state index contributed by atoms with van der Waals surface area (Å²) in [5, 5.41) is 7.55. The number of rotatable bonds is 5. The standard InChI is InChI=1S/C18H15ClN4O2/c19-15-6-2-1-4-13(15)11-21-17(24)12-23-18(25)8-7-16(22-23)14-5-3-9-20-10-14/h1-10H,11-12H2,(H,21,24). The fourth-order valence-corrected chi connectivity index (χ4v) is 2.46. The van der Waals surface area contributed by atoms with Crippen LogP contribution in [0.4, 0.5) is 0 Å². The molecule has 126 valence electrons. The molecule has 0 saturated carbocycles. The van der Waals surface area contributed by atoms with E-state index in [1.54, 1.807) is 30.6 Å². The lowest BCUT2D eigenvalue weighted by Gasteiger charge is -2.09. The van der Waals surface area contributed by atoms with Crippen LogP contribution in [0, 0.1) is 0 Å². The molecule has 1 amide bonds. The van der Waals surface area contributed by atoms with Gasteiger partial charge in [-0.1, -0.05) is 29.8 Å². The first-order chi connectivity index (χ1) is 12.1. The van der Waals surface area contributed by atoms with Crippen molar-refractivity contribution < 1.29 is 4.79 Å². The predicted molar refractivity (Wildman–Crippen MR) is 95.0 cm³/mol. The lowest BCUT2D eigenvalue weighted by atomic mass is 10.2. The Morgan fingerprint density at radius 3 is 2.72 bits per heavy atom. The van der Waals surface area contributed by atoms with E-state index in [0.29, 0.717) is 10.7 Å². The van der Waals surface area contributed by atoms with Gasteiger partial charge in [0.2, 0.25) is 5.91 Å². The first kappa shape index (κ1) is 16.9. The van der Waals surface area contributed by atoms with E-state index in [1.165, 1.54) is 6.07 Å². The number of hydrogen-bond donors (Lipinski definition) is 1. The van der Waals surface area contributed by atoms with Gasteiger partial charge in [-0.3, -0.25) is 14.6 Å². The monoisotopic (exact) mass is 354 g/mol. The molecular formula is C18H15ClN4O2. The summed E-state index contributed by atoms with van der Waals surface area (Å²) in [7, 11) is 0. The molecule has 25 heavy (non-hydrogen) atoms. The molecule has 0 radical (unpaired) electrons. The second-order valence-corrected chi connectivity index (χ2v) is 5.73. The van der Waals surface area contributed by atoms with E-state index in [-0.39, 0.29) is 24.6 Å². The topological polar surface area (TPSA) is 76.9 Å². The highest BCUT2D eigenvalue weighted by Gasteiger charge is 2.09. The molecule has 2 heterocycles. The average Bonchev–Trinajstić information content (AvgIpc) is 2.63. The lowest BCUT2D eigenvalue weighted by molar-refractivity contribution is -0.122. The summed E-state index contributed by atoms with van der Waals surface area (Å²) in [6.45, 7) is 0.118. The average molecular weight is 355 g/mol. The van der Waals surface area contributed by atoms with E-state index < -0.39 is 0 Å². The number of aromatic nitrogens is 3. The van der Waals surface area contributed by atoms with Gasteiger partial charge in [0.1, 0.15) is 6.54 Å². The number of nitrogens with one attached hydrogen (secondary N) is 1. The fraction of sp³-hybridized carbons (Fsp3) is 0.111. The molecule has 0 atom stereocenters. The maximum atomic E-state index is 12.1. The van der Waals surface area contributed by atoms with E-state index in [4.69, 9.17) is 11.6 Å². The van der Waals surface area contributed by atoms with Crippen molar-refractivity contribution >= 4 is 17.5 Å². The SMILES string of the molecule is O=C(Cn1nc(-c2cccnc2)ccc1=O)NCc1ccccc1Cl. The minimum Gasteiger partial charge on any atom is -0.350 e. The summed E-state index contributed by atoms with van der Waals surface area (Å²) in [6.07, 6.45) is 3.30. The number of pyridine rings is 1. The molecule has 7 heteroatoms. The van der Waals surface area contributed by atoms with Crippen molar-refractivity contribution in [2.45, 2.75) is 13.1 Å². The maximum absolute atomic E-state index is 12.1. The van der Waals surface area contributed by atoms with Crippen molar-refractivity contribution in [1.29, 1.82) is 0 Å². The zero-order chi connectivity index (χ0) is 17.6. The van der Waals surface area contributed by atoms with Crippen LogP contribution >= 0.6 is 11.6 Å². The van der Waals surface area contributed by atoms with Gasteiger partial charge in [-0.15, -0.1) is 0 Å². The molecule has 0 aliphatic rings. The minimum atomic E-state index is -0.347. The summed E-state index contributed by atoms with van der Waals surface area (Å²) >= 11 is 6.06. The third-order valence-electron chi connectivity index (χ3n) is 3.55. The van der Waals surface area contributed by atoms with Gasteiger partial charge in [0, 0.05) is 35.6 Å². The molecule has 0 aliphatic carbocycles. The van der Waals surface area contributed by atoms with Crippen LogP contribution in [-0.4, -0.2) is 20.7 Å². The third-order valence-corrected chi connectivity index (χ3v) is 3.92. The number of carbonyl (C=O) groups is 1. The van der Waals surface area contributed by atoms with E-state index in [9.17, 15) is 9.59 Å². The smallest absolute Gasteiger partial charge is 0.267 e. The van der Waals surface area contributed by atoms with Crippen LogP contribution in [0.2, 0.25) is 5.02 Å². The summed E-state index contributed by atoms with van der Waals surface area (Å²) in [5.41, 5.74) is 1.81. The molecule has 0 fully saturated rings. The van der Waals surface area contributed by atoms with Gasteiger partial charge >= 0.3 is 0 Å². The Morgan fingerprint density at radius 2 is 1.96 bits per heavy atom. The summed E-state index contributed by atoms with van der Waals surface area (Å²) in [4.78, 5) is 28.1. The van der Waals surface area contributed by atoms with E-state index >= 15 is 0 Å².